The maximum atomic E-state index is 12.4. The number of carbonyl (C=O) groups excluding carboxylic acids is 2. The summed E-state index contributed by atoms with van der Waals surface area (Å²) in [4.78, 5) is 24.3. The van der Waals surface area contributed by atoms with Gasteiger partial charge in [0.25, 0.3) is 0 Å². The molecule has 0 saturated heterocycles. The van der Waals surface area contributed by atoms with Gasteiger partial charge in [-0.25, -0.2) is 0 Å². The Morgan fingerprint density at radius 2 is 1.78 bits per heavy atom. The number of allylic oxidation sites excluding steroid dienone is 4. The molecule has 2 aliphatic carbocycles. The van der Waals surface area contributed by atoms with Gasteiger partial charge in [0.15, 0.2) is 11.6 Å². The van der Waals surface area contributed by atoms with Crippen LogP contribution < -0.4 is 4.74 Å². The summed E-state index contributed by atoms with van der Waals surface area (Å²) in [6, 6.07) is 17.8. The Morgan fingerprint density at radius 1 is 1.00 bits per heavy atom. The second-order valence-corrected chi connectivity index (χ2v) is 7.67. The fourth-order valence-corrected chi connectivity index (χ4v) is 4.42. The first kappa shape index (κ1) is 22.8. The van der Waals surface area contributed by atoms with E-state index in [-0.39, 0.29) is 24.1 Å². The molecule has 0 aromatic heterocycles. The minimum atomic E-state index is -0.138. The molecule has 1 atom stereocenters. The summed E-state index contributed by atoms with van der Waals surface area (Å²) < 4.78 is 6.17. The zero-order valence-corrected chi connectivity index (χ0v) is 20.1. The zero-order valence-electron chi connectivity index (χ0n) is 17.0. The van der Waals surface area contributed by atoms with Crippen molar-refractivity contribution in [3.05, 3.63) is 95.1 Å². The molecule has 1 unspecified atom stereocenters. The number of carbonyl (C=O) groups is 2. The van der Waals surface area contributed by atoms with Crippen molar-refractivity contribution in [1.29, 1.82) is 0 Å². The van der Waals surface area contributed by atoms with Gasteiger partial charge in [0.1, 0.15) is 11.5 Å². The number of ketones is 2. The van der Waals surface area contributed by atoms with Crippen LogP contribution in [0.15, 0.2) is 78.4 Å². The average molecular weight is 583 g/mol. The van der Waals surface area contributed by atoms with E-state index in [1.54, 1.807) is 0 Å². The van der Waals surface area contributed by atoms with Crippen LogP contribution in [-0.2, 0) is 39.6 Å². The Bertz CT molecular complexity index is 1240. The van der Waals surface area contributed by atoms with Gasteiger partial charge in [-0.2, -0.15) is 0 Å². The van der Waals surface area contributed by atoms with Crippen LogP contribution in [-0.4, -0.2) is 23.3 Å². The molecule has 0 aliphatic heterocycles. The first-order chi connectivity index (χ1) is 15.6. The van der Waals surface area contributed by atoms with Crippen molar-refractivity contribution >= 4 is 35.8 Å². The molecule has 0 spiro atoms. The molecule has 3 aromatic rings. The zero-order chi connectivity index (χ0) is 22.7. The van der Waals surface area contributed by atoms with Crippen LogP contribution in [0.2, 0.25) is 0 Å². The molecule has 0 radical (unpaired) electrons. The van der Waals surface area contributed by atoms with E-state index in [1.807, 2.05) is 54.6 Å². The van der Waals surface area contributed by atoms with Gasteiger partial charge in [0, 0.05) is 23.5 Å². The molecule has 165 valence electrons. The van der Waals surface area contributed by atoms with E-state index in [0.717, 1.165) is 39.0 Å². The van der Waals surface area contributed by atoms with Gasteiger partial charge in [-0.1, -0.05) is 36.4 Å². The van der Waals surface area contributed by atoms with Gasteiger partial charge < -0.3 is 9.84 Å². The Hall–Kier alpha value is -2.36. The summed E-state index contributed by atoms with van der Waals surface area (Å²) in [5.41, 5.74) is 3.84. The maximum absolute atomic E-state index is 12.4. The number of ether oxygens (including phenoxy) is 1. The SMILES string of the molecule is O=C1C=CC(=O)C(C2Cc3ccc(Oc4ccc(CCO)cc4)c4cccc2c34)=C1.[Br][Pd]. The molecule has 0 fully saturated rings. The Balaban J connectivity index is 0.00000119. The van der Waals surface area contributed by atoms with E-state index >= 15 is 0 Å². The summed E-state index contributed by atoms with van der Waals surface area (Å²) in [5, 5.41) is 11.2. The van der Waals surface area contributed by atoms with Crippen LogP contribution >= 0.6 is 13.4 Å². The predicted octanol–water partition coefficient (Wildman–Crippen LogP) is 5.28. The number of rotatable bonds is 5. The van der Waals surface area contributed by atoms with Crippen molar-refractivity contribution in [3.8, 4) is 11.5 Å². The number of benzene rings is 3. The van der Waals surface area contributed by atoms with E-state index in [4.69, 9.17) is 9.84 Å². The van der Waals surface area contributed by atoms with Gasteiger partial charge >= 0.3 is 30.6 Å². The molecule has 6 heteroatoms. The van der Waals surface area contributed by atoms with Gasteiger partial charge in [0.05, 0.1) is 0 Å². The van der Waals surface area contributed by atoms with E-state index in [9.17, 15) is 9.59 Å². The fourth-order valence-electron chi connectivity index (χ4n) is 4.42. The number of halogens is 1. The second kappa shape index (κ2) is 10.1. The Kier molecular flexibility index (Phi) is 7.17. The average Bonchev–Trinajstić information content (AvgIpc) is 3.20. The molecule has 5 rings (SSSR count). The topological polar surface area (TPSA) is 63.6 Å². The molecular formula is C26H20BrO4Pd. The minimum absolute atomic E-state index is 0.0937. The molecule has 0 amide bonds. The van der Waals surface area contributed by atoms with Crippen molar-refractivity contribution < 1.29 is 36.6 Å². The third-order valence-electron chi connectivity index (χ3n) is 5.83. The standard InChI is InChI=1S/C26H20O4.BrH.Pd/c27-13-12-16-4-8-19(9-5-16)30-25-11-6-17-14-22(20-2-1-3-21(25)26(17)20)23-15-18(28)7-10-24(23)29;;/h1-11,15,22,27H,12-14H2;1H;/q;;+1/p-1. The predicted molar refractivity (Wildman–Crippen MR) is 124 cm³/mol. The van der Waals surface area contributed by atoms with Crippen LogP contribution in [0, 0.1) is 0 Å². The van der Waals surface area contributed by atoms with Gasteiger partial charge in [-0.05, 0) is 71.3 Å². The second-order valence-electron chi connectivity index (χ2n) is 7.67. The Morgan fingerprint density at radius 3 is 2.53 bits per heavy atom. The van der Waals surface area contributed by atoms with Crippen molar-refractivity contribution in [3.63, 3.8) is 0 Å². The van der Waals surface area contributed by atoms with Crippen LogP contribution in [0.3, 0.4) is 0 Å². The molecule has 4 nitrogen and oxygen atoms in total. The number of hydrogen-bond acceptors (Lipinski definition) is 4. The van der Waals surface area contributed by atoms with E-state index < -0.39 is 0 Å². The summed E-state index contributed by atoms with van der Waals surface area (Å²) in [7, 11) is 0. The Labute approximate surface area is 203 Å². The van der Waals surface area contributed by atoms with Crippen molar-refractivity contribution in [1.82, 2.24) is 0 Å². The summed E-state index contributed by atoms with van der Waals surface area (Å²) in [5.74, 6) is 1.14. The molecule has 1 N–H and O–H groups in total. The molecule has 0 saturated carbocycles. The summed E-state index contributed by atoms with van der Waals surface area (Å²) >= 11 is 5.35. The van der Waals surface area contributed by atoms with Crippen molar-refractivity contribution in [2.75, 3.05) is 6.61 Å². The number of hydrogen-bond donors (Lipinski definition) is 1. The fraction of sp³-hybridized carbons (Fsp3) is 0.154. The van der Waals surface area contributed by atoms with Crippen LogP contribution in [0.4, 0.5) is 0 Å². The third-order valence-corrected chi connectivity index (χ3v) is 5.83. The quantitative estimate of drug-likeness (QED) is 0.328. The van der Waals surface area contributed by atoms with Gasteiger partial charge in [0.2, 0.25) is 0 Å². The molecule has 2 aliphatic rings. The molecule has 3 aromatic carbocycles. The van der Waals surface area contributed by atoms with E-state index in [1.165, 1.54) is 18.2 Å². The van der Waals surface area contributed by atoms with Crippen LogP contribution in [0.1, 0.15) is 22.6 Å². The van der Waals surface area contributed by atoms with Crippen LogP contribution in [0.5, 0.6) is 11.5 Å². The molecule has 0 heterocycles. The number of aliphatic hydroxyl groups excluding tert-OH is 1. The van der Waals surface area contributed by atoms with Gasteiger partial charge in [-0.3, -0.25) is 9.59 Å². The van der Waals surface area contributed by atoms with Crippen LogP contribution in [0.25, 0.3) is 10.8 Å². The normalized spacial score (nSPS) is 16.6. The van der Waals surface area contributed by atoms with E-state index in [0.29, 0.717) is 18.4 Å². The molecular weight excluding hydrogens is 563 g/mol. The molecule has 32 heavy (non-hydrogen) atoms. The molecule has 0 bridgehead atoms. The third kappa shape index (κ3) is 4.42. The van der Waals surface area contributed by atoms with Crippen molar-refractivity contribution in [2.45, 2.75) is 18.8 Å². The van der Waals surface area contributed by atoms with E-state index in [2.05, 4.69) is 30.6 Å². The first-order valence-corrected chi connectivity index (χ1v) is 13.7. The van der Waals surface area contributed by atoms with Crippen molar-refractivity contribution in [2.24, 2.45) is 0 Å². The summed E-state index contributed by atoms with van der Waals surface area (Å²) in [6.07, 6.45) is 5.49. The van der Waals surface area contributed by atoms with Gasteiger partial charge in [-0.15, -0.1) is 0 Å². The monoisotopic (exact) mass is 581 g/mol. The summed E-state index contributed by atoms with van der Waals surface area (Å²) in [6.45, 7) is 0.122. The number of aliphatic hydroxyl groups is 1. The first-order valence-electron chi connectivity index (χ1n) is 10.2.